The highest BCUT2D eigenvalue weighted by Crippen LogP contribution is 2.11. The fourth-order valence-corrected chi connectivity index (χ4v) is 2.35. The number of carbonyl (C=O) groups is 2. The Morgan fingerprint density at radius 3 is 2.90 bits per heavy atom. The molecule has 1 saturated heterocycles. The van der Waals surface area contributed by atoms with Crippen molar-refractivity contribution in [2.45, 2.75) is 52.0 Å². The van der Waals surface area contributed by atoms with Crippen molar-refractivity contribution in [3.8, 4) is 0 Å². The summed E-state index contributed by atoms with van der Waals surface area (Å²) in [5.41, 5.74) is 3.05. The van der Waals surface area contributed by atoms with Crippen LogP contribution in [0.15, 0.2) is 0 Å². The Morgan fingerprint density at radius 1 is 1.40 bits per heavy atom. The third-order valence-corrected chi connectivity index (χ3v) is 3.81. The molecule has 0 aromatic carbocycles. The smallest absolute Gasteiger partial charge is 0.242 e. The van der Waals surface area contributed by atoms with Crippen molar-refractivity contribution in [2.75, 3.05) is 6.54 Å². The molecule has 2 rings (SSSR count). The molecule has 1 aromatic rings. The zero-order valence-electron chi connectivity index (χ0n) is 12.1. The van der Waals surface area contributed by atoms with Crippen molar-refractivity contribution in [3.05, 3.63) is 17.0 Å². The summed E-state index contributed by atoms with van der Waals surface area (Å²) in [7, 11) is 0. The van der Waals surface area contributed by atoms with Crippen molar-refractivity contribution >= 4 is 11.8 Å². The maximum absolute atomic E-state index is 11.9. The molecule has 20 heavy (non-hydrogen) atoms. The standard InChI is InChI=1S/C14H22N4O2/c1-9-10(2)17-18-11(9)6-7-13(19)16-12-5-3-4-8-15-14(12)20/h12H,3-8H2,1-2H3,(H,15,20)(H,16,19)(H,17,18). The summed E-state index contributed by atoms with van der Waals surface area (Å²) < 4.78 is 0. The average molecular weight is 278 g/mol. The number of aromatic amines is 1. The fraction of sp³-hybridized carbons (Fsp3) is 0.643. The zero-order chi connectivity index (χ0) is 14.5. The van der Waals surface area contributed by atoms with Gasteiger partial charge in [-0.2, -0.15) is 5.10 Å². The topological polar surface area (TPSA) is 86.9 Å². The summed E-state index contributed by atoms with van der Waals surface area (Å²) >= 11 is 0. The lowest BCUT2D eigenvalue weighted by atomic mass is 10.1. The van der Waals surface area contributed by atoms with Gasteiger partial charge in [-0.3, -0.25) is 14.7 Å². The first-order chi connectivity index (χ1) is 9.58. The van der Waals surface area contributed by atoms with Crippen molar-refractivity contribution < 1.29 is 9.59 Å². The van der Waals surface area contributed by atoms with Crippen LogP contribution in [0.3, 0.4) is 0 Å². The molecule has 3 N–H and O–H groups in total. The van der Waals surface area contributed by atoms with E-state index in [0.717, 1.165) is 36.2 Å². The molecule has 1 aromatic heterocycles. The molecule has 1 aliphatic rings. The lowest BCUT2D eigenvalue weighted by molar-refractivity contribution is -0.128. The Morgan fingerprint density at radius 2 is 2.20 bits per heavy atom. The zero-order valence-corrected chi connectivity index (χ0v) is 12.1. The van der Waals surface area contributed by atoms with Gasteiger partial charge < -0.3 is 10.6 Å². The summed E-state index contributed by atoms with van der Waals surface area (Å²) in [4.78, 5) is 23.7. The Bertz CT molecular complexity index is 495. The molecule has 2 heterocycles. The number of H-pyrrole nitrogens is 1. The largest absolute Gasteiger partial charge is 0.354 e. The monoisotopic (exact) mass is 278 g/mol. The van der Waals surface area contributed by atoms with Gasteiger partial charge in [-0.25, -0.2) is 0 Å². The third kappa shape index (κ3) is 3.59. The van der Waals surface area contributed by atoms with Crippen LogP contribution < -0.4 is 10.6 Å². The van der Waals surface area contributed by atoms with Crippen molar-refractivity contribution in [1.82, 2.24) is 20.8 Å². The highest BCUT2D eigenvalue weighted by atomic mass is 16.2. The van der Waals surface area contributed by atoms with E-state index >= 15 is 0 Å². The van der Waals surface area contributed by atoms with Crippen LogP contribution in [0.25, 0.3) is 0 Å². The van der Waals surface area contributed by atoms with Crippen LogP contribution in [-0.2, 0) is 16.0 Å². The lowest BCUT2D eigenvalue weighted by Gasteiger charge is -2.14. The van der Waals surface area contributed by atoms with Gasteiger partial charge >= 0.3 is 0 Å². The summed E-state index contributed by atoms with van der Waals surface area (Å²) in [6, 6.07) is -0.382. The minimum Gasteiger partial charge on any atom is -0.354 e. The molecule has 0 bridgehead atoms. The first-order valence-electron chi connectivity index (χ1n) is 7.15. The third-order valence-electron chi connectivity index (χ3n) is 3.81. The van der Waals surface area contributed by atoms with E-state index in [9.17, 15) is 9.59 Å². The highest BCUT2D eigenvalue weighted by molar-refractivity contribution is 5.87. The summed E-state index contributed by atoms with van der Waals surface area (Å²) in [6.45, 7) is 4.66. The number of hydrogen-bond acceptors (Lipinski definition) is 3. The molecule has 0 aliphatic carbocycles. The molecule has 1 aliphatic heterocycles. The first-order valence-corrected chi connectivity index (χ1v) is 7.15. The molecule has 0 radical (unpaired) electrons. The normalized spacial score (nSPS) is 19.3. The molecule has 6 heteroatoms. The van der Waals surface area contributed by atoms with E-state index in [1.807, 2.05) is 13.8 Å². The van der Waals surface area contributed by atoms with E-state index < -0.39 is 0 Å². The number of hydrogen-bond donors (Lipinski definition) is 3. The second-order valence-corrected chi connectivity index (χ2v) is 5.33. The predicted octanol–water partition coefficient (Wildman–Crippen LogP) is 0.744. The minimum absolute atomic E-state index is 0.0670. The van der Waals surface area contributed by atoms with E-state index in [1.54, 1.807) is 0 Å². The Labute approximate surface area is 118 Å². The Hall–Kier alpha value is -1.85. The van der Waals surface area contributed by atoms with E-state index in [4.69, 9.17) is 0 Å². The van der Waals surface area contributed by atoms with Crippen LogP contribution >= 0.6 is 0 Å². The van der Waals surface area contributed by atoms with Crippen molar-refractivity contribution in [1.29, 1.82) is 0 Å². The number of nitrogens with one attached hydrogen (secondary N) is 3. The van der Waals surface area contributed by atoms with Crippen molar-refractivity contribution in [3.63, 3.8) is 0 Å². The van der Waals surface area contributed by atoms with Crippen LogP contribution in [0, 0.1) is 13.8 Å². The van der Waals surface area contributed by atoms with Crippen LogP contribution in [0.4, 0.5) is 0 Å². The maximum Gasteiger partial charge on any atom is 0.242 e. The minimum atomic E-state index is -0.382. The van der Waals surface area contributed by atoms with Gasteiger partial charge in [0, 0.05) is 25.1 Å². The molecular formula is C14H22N4O2. The second-order valence-electron chi connectivity index (χ2n) is 5.33. The maximum atomic E-state index is 11.9. The number of rotatable bonds is 4. The average Bonchev–Trinajstić information content (AvgIpc) is 2.61. The predicted molar refractivity (Wildman–Crippen MR) is 75.2 cm³/mol. The van der Waals surface area contributed by atoms with Gasteiger partial charge in [0.2, 0.25) is 11.8 Å². The quantitative estimate of drug-likeness (QED) is 0.759. The number of amides is 2. The van der Waals surface area contributed by atoms with Gasteiger partial charge in [-0.1, -0.05) is 0 Å². The molecule has 1 fully saturated rings. The van der Waals surface area contributed by atoms with Crippen LogP contribution in [-0.4, -0.2) is 34.6 Å². The molecule has 1 unspecified atom stereocenters. The second kappa shape index (κ2) is 6.54. The lowest BCUT2D eigenvalue weighted by Crippen LogP contribution is -2.45. The number of nitrogens with zero attached hydrogens (tertiary/aromatic N) is 1. The summed E-state index contributed by atoms with van der Waals surface area (Å²) in [6.07, 6.45) is 3.61. The Balaban J connectivity index is 1.83. The van der Waals surface area contributed by atoms with E-state index in [2.05, 4.69) is 20.8 Å². The number of aromatic nitrogens is 2. The summed E-state index contributed by atoms with van der Waals surface area (Å²) in [5, 5.41) is 12.7. The fourth-order valence-electron chi connectivity index (χ4n) is 2.35. The molecule has 0 saturated carbocycles. The van der Waals surface area contributed by atoms with Crippen LogP contribution in [0.1, 0.15) is 42.6 Å². The van der Waals surface area contributed by atoms with Crippen LogP contribution in [0.2, 0.25) is 0 Å². The molecule has 2 amide bonds. The number of carbonyl (C=O) groups excluding carboxylic acids is 2. The molecule has 6 nitrogen and oxygen atoms in total. The highest BCUT2D eigenvalue weighted by Gasteiger charge is 2.22. The van der Waals surface area contributed by atoms with E-state index in [0.29, 0.717) is 19.4 Å². The van der Waals surface area contributed by atoms with Gasteiger partial charge in [0.15, 0.2) is 0 Å². The van der Waals surface area contributed by atoms with E-state index in [-0.39, 0.29) is 17.9 Å². The van der Waals surface area contributed by atoms with Crippen molar-refractivity contribution in [2.24, 2.45) is 0 Å². The van der Waals surface area contributed by atoms with Gasteiger partial charge in [0.05, 0.1) is 5.69 Å². The van der Waals surface area contributed by atoms with Gasteiger partial charge in [-0.15, -0.1) is 0 Å². The summed E-state index contributed by atoms with van der Waals surface area (Å²) in [5.74, 6) is -0.158. The Kier molecular flexibility index (Phi) is 4.76. The SMILES string of the molecule is Cc1[nH]nc(CCC(=O)NC2CCCCNC2=O)c1C. The number of aryl methyl sites for hydroxylation is 2. The van der Waals surface area contributed by atoms with Gasteiger partial charge in [-0.05, 0) is 38.7 Å². The first kappa shape index (κ1) is 14.6. The molecular weight excluding hydrogens is 256 g/mol. The van der Waals surface area contributed by atoms with E-state index in [1.165, 1.54) is 0 Å². The molecule has 0 spiro atoms. The van der Waals surface area contributed by atoms with Crippen LogP contribution in [0.5, 0.6) is 0 Å². The molecule has 1 atom stereocenters. The van der Waals surface area contributed by atoms with Gasteiger partial charge in [0.25, 0.3) is 0 Å². The van der Waals surface area contributed by atoms with Gasteiger partial charge in [0.1, 0.15) is 6.04 Å². The molecule has 110 valence electrons.